The lowest BCUT2D eigenvalue weighted by molar-refractivity contribution is 0.0890. The van der Waals surface area contributed by atoms with Crippen LogP contribution in [0.4, 0.5) is 0 Å². The van der Waals surface area contributed by atoms with Crippen LogP contribution in [0.1, 0.15) is 25.7 Å². The molecule has 16 heteroatoms. The van der Waals surface area contributed by atoms with E-state index in [0.717, 1.165) is 25.7 Å². The average Bonchev–Trinajstić information content (AvgIpc) is 2.87. The third kappa shape index (κ3) is 16.9. The van der Waals surface area contributed by atoms with Crippen molar-refractivity contribution in [1.82, 2.24) is 0 Å². The van der Waals surface area contributed by atoms with Crippen LogP contribution in [-0.4, -0.2) is 134 Å². The molecule has 1 fully saturated rings. The summed E-state index contributed by atoms with van der Waals surface area (Å²) in [5.74, 6) is 0. The standard InChI is InChI=1S/C24H56O12Si4/c1-37(21-5-13-29-17-9-25)33-38(2,22-6-14-30-18-10-26)35-40(4,24-8-16-32-20-12-28)36-39(3,34-37)23-7-15-31-19-11-27/h25-28H,5-24H2,1-4H3. The molecule has 0 amide bonds. The third-order valence-corrected chi connectivity index (χ3v) is 25.2. The van der Waals surface area contributed by atoms with Gasteiger partial charge in [-0.25, -0.2) is 0 Å². The van der Waals surface area contributed by atoms with Crippen molar-refractivity contribution in [1.29, 1.82) is 0 Å². The Morgan fingerprint density at radius 3 is 0.750 bits per heavy atom. The first-order chi connectivity index (χ1) is 19.1. The van der Waals surface area contributed by atoms with E-state index in [-0.39, 0.29) is 26.4 Å². The highest BCUT2D eigenvalue weighted by molar-refractivity contribution is 6.93. The molecule has 0 aromatic heterocycles. The fourth-order valence-corrected chi connectivity index (χ4v) is 28.2. The lowest BCUT2D eigenvalue weighted by atomic mass is 10.5. The first kappa shape index (κ1) is 38.4. The minimum Gasteiger partial charge on any atom is -0.416 e. The molecule has 240 valence electrons. The summed E-state index contributed by atoms with van der Waals surface area (Å²) in [6.45, 7) is 11.6. The van der Waals surface area contributed by atoms with Crippen molar-refractivity contribution in [3.63, 3.8) is 0 Å². The van der Waals surface area contributed by atoms with Crippen LogP contribution < -0.4 is 0 Å². The van der Waals surface area contributed by atoms with E-state index in [2.05, 4.69) is 26.2 Å². The minimum absolute atomic E-state index is 0.00962. The summed E-state index contributed by atoms with van der Waals surface area (Å²) in [4.78, 5) is 0. The van der Waals surface area contributed by atoms with Gasteiger partial charge >= 0.3 is 34.2 Å². The van der Waals surface area contributed by atoms with Gasteiger partial charge in [0.2, 0.25) is 0 Å². The lowest BCUT2D eigenvalue weighted by Gasteiger charge is -2.50. The second-order valence-corrected chi connectivity index (χ2v) is 25.0. The van der Waals surface area contributed by atoms with Gasteiger partial charge in [0.05, 0.1) is 52.9 Å². The van der Waals surface area contributed by atoms with Gasteiger partial charge in [0, 0.05) is 26.4 Å². The Kier molecular flexibility index (Phi) is 20.3. The average molecular weight is 649 g/mol. The van der Waals surface area contributed by atoms with Crippen LogP contribution >= 0.6 is 0 Å². The van der Waals surface area contributed by atoms with E-state index in [1.165, 1.54) is 0 Å². The molecule has 4 N–H and O–H groups in total. The van der Waals surface area contributed by atoms with Gasteiger partial charge in [0.1, 0.15) is 0 Å². The summed E-state index contributed by atoms with van der Waals surface area (Å²) >= 11 is 0. The molecule has 0 aliphatic carbocycles. The quantitative estimate of drug-likeness (QED) is 0.0893. The number of ether oxygens (including phenoxy) is 4. The van der Waals surface area contributed by atoms with Crippen molar-refractivity contribution in [3.05, 3.63) is 0 Å². The topological polar surface area (TPSA) is 155 Å². The maximum absolute atomic E-state index is 9.05. The highest BCUT2D eigenvalue weighted by Gasteiger charge is 2.56. The first-order valence-electron chi connectivity index (χ1n) is 14.6. The molecule has 1 heterocycles. The molecule has 1 saturated heterocycles. The van der Waals surface area contributed by atoms with E-state index in [9.17, 15) is 0 Å². The van der Waals surface area contributed by atoms with E-state index in [1.54, 1.807) is 0 Å². The molecule has 1 aliphatic rings. The molecular formula is C24H56O12Si4. The smallest absolute Gasteiger partial charge is 0.317 e. The number of hydrogen-bond acceptors (Lipinski definition) is 12. The third-order valence-electron chi connectivity index (χ3n) is 6.35. The molecule has 0 spiro atoms. The first-order valence-corrected chi connectivity index (χ1v) is 24.7. The predicted octanol–water partition coefficient (Wildman–Crippen LogP) is 1.95. The highest BCUT2D eigenvalue weighted by atomic mass is 28.5. The monoisotopic (exact) mass is 648 g/mol. The normalized spacial score (nSPS) is 29.4. The molecule has 0 saturated carbocycles. The number of aliphatic hydroxyl groups excluding tert-OH is 4. The SMILES string of the molecule is C[Si]1(CCCOCCO)O[Si](C)(CCCOCCO)O[Si](C)(CCCOCCO)O[Si](C)(CCCOCCO)O1. The Labute approximate surface area is 245 Å². The van der Waals surface area contributed by atoms with E-state index in [0.29, 0.717) is 77.0 Å². The molecule has 0 bridgehead atoms. The van der Waals surface area contributed by atoms with Crippen LogP contribution in [0.15, 0.2) is 0 Å². The van der Waals surface area contributed by atoms with Crippen LogP contribution in [0.25, 0.3) is 0 Å². The van der Waals surface area contributed by atoms with Crippen molar-refractivity contribution < 1.29 is 55.8 Å². The van der Waals surface area contributed by atoms with E-state index in [4.69, 9.17) is 55.8 Å². The van der Waals surface area contributed by atoms with Crippen LogP contribution in [0, 0.1) is 0 Å². The Morgan fingerprint density at radius 1 is 0.375 bits per heavy atom. The number of aliphatic hydroxyl groups is 4. The van der Waals surface area contributed by atoms with Gasteiger partial charge in [-0.2, -0.15) is 0 Å². The summed E-state index contributed by atoms with van der Waals surface area (Å²) in [5, 5.41) is 36.2. The summed E-state index contributed by atoms with van der Waals surface area (Å²) in [6, 6.07) is 2.86. The van der Waals surface area contributed by atoms with Crippen molar-refractivity contribution >= 4 is 34.2 Å². The summed E-state index contributed by atoms with van der Waals surface area (Å²) in [7, 11) is -11.1. The zero-order valence-corrected chi connectivity index (χ0v) is 29.2. The maximum Gasteiger partial charge on any atom is 0.317 e. The molecule has 1 aliphatic heterocycles. The Hall–Kier alpha value is 0.388. The van der Waals surface area contributed by atoms with Crippen LogP contribution in [0.3, 0.4) is 0 Å². The Bertz CT molecular complexity index is 525. The largest absolute Gasteiger partial charge is 0.416 e. The van der Waals surface area contributed by atoms with Gasteiger partial charge < -0.3 is 55.8 Å². The van der Waals surface area contributed by atoms with Crippen LogP contribution in [0.2, 0.25) is 50.4 Å². The van der Waals surface area contributed by atoms with Gasteiger partial charge in [-0.1, -0.05) is 0 Å². The summed E-state index contributed by atoms with van der Waals surface area (Å²) in [5.41, 5.74) is 0. The molecule has 0 aromatic carbocycles. The van der Waals surface area contributed by atoms with E-state index >= 15 is 0 Å². The van der Waals surface area contributed by atoms with Crippen LogP contribution in [0.5, 0.6) is 0 Å². The van der Waals surface area contributed by atoms with Gasteiger partial charge in [0.25, 0.3) is 0 Å². The fraction of sp³-hybridized carbons (Fsp3) is 1.00. The Morgan fingerprint density at radius 2 is 0.575 bits per heavy atom. The zero-order chi connectivity index (χ0) is 29.8. The predicted molar refractivity (Wildman–Crippen MR) is 160 cm³/mol. The second kappa shape index (κ2) is 21.1. The molecular weight excluding hydrogens is 593 g/mol. The van der Waals surface area contributed by atoms with Gasteiger partial charge in [-0.15, -0.1) is 0 Å². The van der Waals surface area contributed by atoms with Gasteiger partial charge in [0.15, 0.2) is 0 Å². The molecule has 40 heavy (non-hydrogen) atoms. The molecule has 12 nitrogen and oxygen atoms in total. The summed E-state index contributed by atoms with van der Waals surface area (Å²) < 4.78 is 50.2. The van der Waals surface area contributed by atoms with Crippen molar-refractivity contribution in [3.8, 4) is 0 Å². The zero-order valence-electron chi connectivity index (χ0n) is 25.2. The van der Waals surface area contributed by atoms with Gasteiger partial charge in [-0.05, 0) is 76.0 Å². The fourth-order valence-electron chi connectivity index (χ4n) is 4.97. The lowest BCUT2D eigenvalue weighted by Crippen LogP contribution is -2.67. The molecule has 0 radical (unpaired) electrons. The van der Waals surface area contributed by atoms with Crippen molar-refractivity contribution in [2.45, 2.75) is 76.0 Å². The van der Waals surface area contributed by atoms with Crippen molar-refractivity contribution in [2.24, 2.45) is 0 Å². The molecule has 1 rings (SSSR count). The minimum atomic E-state index is -2.77. The van der Waals surface area contributed by atoms with Gasteiger partial charge in [-0.3, -0.25) is 0 Å². The molecule has 0 aromatic rings. The van der Waals surface area contributed by atoms with Crippen molar-refractivity contribution in [2.75, 3.05) is 79.3 Å². The Balaban J connectivity index is 3.15. The van der Waals surface area contributed by atoms with E-state index < -0.39 is 34.2 Å². The number of hydrogen-bond donors (Lipinski definition) is 4. The van der Waals surface area contributed by atoms with Crippen LogP contribution in [-0.2, 0) is 35.4 Å². The number of rotatable bonds is 24. The van der Waals surface area contributed by atoms with E-state index in [1.807, 2.05) is 0 Å². The second-order valence-electron chi connectivity index (χ2n) is 10.7. The maximum atomic E-state index is 9.05. The molecule has 0 atom stereocenters. The summed E-state index contributed by atoms with van der Waals surface area (Å²) in [6.07, 6.45) is 2.98. The molecule has 0 unspecified atom stereocenters. The highest BCUT2D eigenvalue weighted by Crippen LogP contribution is 2.38.